The number of piperazine rings is 1. The highest BCUT2D eigenvalue weighted by Crippen LogP contribution is 2.28. The fourth-order valence-electron chi connectivity index (χ4n) is 3.66. The van der Waals surface area contributed by atoms with Crippen LogP contribution in [0, 0.1) is 5.92 Å². The zero-order chi connectivity index (χ0) is 17.5. The molecule has 148 valence electrons. The summed E-state index contributed by atoms with van der Waals surface area (Å²) >= 11 is 0. The van der Waals surface area contributed by atoms with Crippen LogP contribution < -0.4 is 10.6 Å². The lowest BCUT2D eigenvalue weighted by Gasteiger charge is -2.38. The van der Waals surface area contributed by atoms with Gasteiger partial charge < -0.3 is 15.5 Å². The lowest BCUT2D eigenvalue weighted by Crippen LogP contribution is -2.51. The SMILES string of the molecule is CCNC(=NCCN1CCN(C(=O)C2CCC2)CC1)NC1CC=CC1.I. The van der Waals surface area contributed by atoms with Crippen molar-refractivity contribution in [3.05, 3.63) is 12.2 Å². The third-order valence-electron chi connectivity index (χ3n) is 5.52. The highest BCUT2D eigenvalue weighted by Gasteiger charge is 2.30. The molecule has 0 atom stereocenters. The van der Waals surface area contributed by atoms with Crippen LogP contribution in [0.4, 0.5) is 0 Å². The summed E-state index contributed by atoms with van der Waals surface area (Å²) in [5.74, 6) is 1.65. The summed E-state index contributed by atoms with van der Waals surface area (Å²) in [6.45, 7) is 8.46. The molecule has 1 amide bonds. The minimum absolute atomic E-state index is 0. The van der Waals surface area contributed by atoms with Crippen LogP contribution in [0.25, 0.3) is 0 Å². The largest absolute Gasteiger partial charge is 0.357 e. The van der Waals surface area contributed by atoms with E-state index in [1.165, 1.54) is 6.42 Å². The maximum Gasteiger partial charge on any atom is 0.225 e. The molecule has 1 aliphatic heterocycles. The second-order valence-electron chi connectivity index (χ2n) is 7.34. The topological polar surface area (TPSA) is 60.0 Å². The molecule has 1 saturated carbocycles. The van der Waals surface area contributed by atoms with E-state index in [-0.39, 0.29) is 24.0 Å². The standard InChI is InChI=1S/C19H33N5O.HI/c1-2-20-19(22-17-8-3-4-9-17)21-10-11-23-12-14-24(15-13-23)18(25)16-6-5-7-16;/h3-4,16-17H,2,5-15H2,1H3,(H2,20,21,22);1H. The first kappa shape index (κ1) is 21.5. The molecule has 2 fully saturated rings. The Morgan fingerprint density at radius 1 is 1.15 bits per heavy atom. The van der Waals surface area contributed by atoms with E-state index in [9.17, 15) is 4.79 Å². The maximum atomic E-state index is 12.3. The van der Waals surface area contributed by atoms with Crippen LogP contribution >= 0.6 is 24.0 Å². The van der Waals surface area contributed by atoms with Gasteiger partial charge in [-0.2, -0.15) is 0 Å². The molecule has 0 bridgehead atoms. The van der Waals surface area contributed by atoms with E-state index in [0.29, 0.717) is 17.9 Å². The van der Waals surface area contributed by atoms with Crippen molar-refractivity contribution in [2.24, 2.45) is 10.9 Å². The summed E-state index contributed by atoms with van der Waals surface area (Å²) in [6.07, 6.45) is 10.1. The number of nitrogens with one attached hydrogen (secondary N) is 2. The Bertz CT molecular complexity index is 490. The Morgan fingerprint density at radius 2 is 1.85 bits per heavy atom. The van der Waals surface area contributed by atoms with E-state index < -0.39 is 0 Å². The number of rotatable bonds is 6. The molecule has 0 aromatic carbocycles. The van der Waals surface area contributed by atoms with Crippen molar-refractivity contribution < 1.29 is 4.79 Å². The van der Waals surface area contributed by atoms with Crippen molar-refractivity contribution in [3.63, 3.8) is 0 Å². The monoisotopic (exact) mass is 475 g/mol. The van der Waals surface area contributed by atoms with Gasteiger partial charge in [0, 0.05) is 51.2 Å². The molecule has 6 nitrogen and oxygen atoms in total. The molecule has 0 unspecified atom stereocenters. The molecule has 3 rings (SSSR count). The van der Waals surface area contributed by atoms with Crippen LogP contribution in [-0.4, -0.2) is 73.5 Å². The summed E-state index contributed by atoms with van der Waals surface area (Å²) in [6, 6.07) is 0.485. The van der Waals surface area contributed by atoms with E-state index in [4.69, 9.17) is 4.99 Å². The fourth-order valence-corrected chi connectivity index (χ4v) is 3.66. The first-order chi connectivity index (χ1) is 12.3. The predicted octanol–water partition coefficient (Wildman–Crippen LogP) is 1.82. The molecule has 2 N–H and O–H groups in total. The zero-order valence-electron chi connectivity index (χ0n) is 16.0. The number of aliphatic imine (C=N–C) groups is 1. The van der Waals surface area contributed by atoms with Gasteiger partial charge in [0.25, 0.3) is 0 Å². The third-order valence-corrected chi connectivity index (χ3v) is 5.52. The molecule has 0 spiro atoms. The van der Waals surface area contributed by atoms with Gasteiger partial charge in [0.15, 0.2) is 5.96 Å². The zero-order valence-corrected chi connectivity index (χ0v) is 18.3. The first-order valence-electron chi connectivity index (χ1n) is 9.97. The lowest BCUT2D eigenvalue weighted by molar-refractivity contribution is -0.139. The Kier molecular flexibility index (Phi) is 9.18. The van der Waals surface area contributed by atoms with Gasteiger partial charge in [0.05, 0.1) is 6.54 Å². The molecular formula is C19H34IN5O. The van der Waals surface area contributed by atoms with Gasteiger partial charge in [-0.15, -0.1) is 24.0 Å². The smallest absolute Gasteiger partial charge is 0.225 e. The summed E-state index contributed by atoms with van der Waals surface area (Å²) in [5.41, 5.74) is 0. The molecule has 0 aromatic rings. The molecule has 0 aromatic heterocycles. The van der Waals surface area contributed by atoms with Gasteiger partial charge in [-0.25, -0.2) is 0 Å². The third kappa shape index (κ3) is 6.11. The van der Waals surface area contributed by atoms with Crippen molar-refractivity contribution in [1.29, 1.82) is 0 Å². The average Bonchev–Trinajstić information content (AvgIpc) is 3.07. The first-order valence-corrected chi connectivity index (χ1v) is 9.97. The second-order valence-corrected chi connectivity index (χ2v) is 7.34. The number of carbonyl (C=O) groups is 1. The highest BCUT2D eigenvalue weighted by molar-refractivity contribution is 14.0. The molecule has 2 aliphatic carbocycles. The second kappa shape index (κ2) is 11.1. The quantitative estimate of drug-likeness (QED) is 0.267. The molecule has 3 aliphatic rings. The maximum absolute atomic E-state index is 12.3. The van der Waals surface area contributed by atoms with Crippen molar-refractivity contribution in [1.82, 2.24) is 20.4 Å². The fraction of sp³-hybridized carbons (Fsp3) is 0.789. The van der Waals surface area contributed by atoms with Crippen LogP contribution in [-0.2, 0) is 4.79 Å². The Balaban J connectivity index is 0.00000243. The molecule has 26 heavy (non-hydrogen) atoms. The van der Waals surface area contributed by atoms with Crippen molar-refractivity contribution in [2.75, 3.05) is 45.8 Å². The van der Waals surface area contributed by atoms with Gasteiger partial charge in [0.1, 0.15) is 0 Å². The van der Waals surface area contributed by atoms with E-state index in [0.717, 1.165) is 77.5 Å². The van der Waals surface area contributed by atoms with E-state index in [2.05, 4.69) is 39.5 Å². The van der Waals surface area contributed by atoms with Crippen molar-refractivity contribution in [2.45, 2.75) is 45.1 Å². The average molecular weight is 475 g/mol. The highest BCUT2D eigenvalue weighted by atomic mass is 127. The van der Waals surface area contributed by atoms with Crippen LogP contribution in [0.5, 0.6) is 0 Å². The molecule has 1 heterocycles. The van der Waals surface area contributed by atoms with Crippen LogP contribution in [0.3, 0.4) is 0 Å². The van der Waals surface area contributed by atoms with Crippen LogP contribution in [0.1, 0.15) is 39.0 Å². The summed E-state index contributed by atoms with van der Waals surface area (Å²) in [5, 5.41) is 6.84. The molecular weight excluding hydrogens is 441 g/mol. The Morgan fingerprint density at radius 3 is 2.42 bits per heavy atom. The number of carbonyl (C=O) groups excluding carboxylic acids is 1. The number of hydrogen-bond acceptors (Lipinski definition) is 3. The minimum atomic E-state index is 0. The lowest BCUT2D eigenvalue weighted by atomic mass is 9.84. The van der Waals surface area contributed by atoms with Crippen molar-refractivity contribution in [3.8, 4) is 0 Å². The normalized spacial score (nSPS) is 22.0. The van der Waals surface area contributed by atoms with Crippen LogP contribution in [0.15, 0.2) is 17.1 Å². The number of guanidine groups is 1. The minimum Gasteiger partial charge on any atom is -0.357 e. The summed E-state index contributed by atoms with van der Waals surface area (Å²) in [4.78, 5) is 21.5. The summed E-state index contributed by atoms with van der Waals surface area (Å²) in [7, 11) is 0. The van der Waals surface area contributed by atoms with E-state index >= 15 is 0 Å². The van der Waals surface area contributed by atoms with E-state index in [1.54, 1.807) is 0 Å². The summed E-state index contributed by atoms with van der Waals surface area (Å²) < 4.78 is 0. The van der Waals surface area contributed by atoms with Gasteiger partial charge in [0.2, 0.25) is 5.91 Å². The number of amides is 1. The number of hydrogen-bond donors (Lipinski definition) is 2. The number of nitrogens with zero attached hydrogens (tertiary/aromatic N) is 3. The van der Waals surface area contributed by atoms with Gasteiger partial charge in [-0.05, 0) is 32.6 Å². The molecule has 1 saturated heterocycles. The predicted molar refractivity (Wildman–Crippen MR) is 117 cm³/mol. The Labute approximate surface area is 174 Å². The van der Waals surface area contributed by atoms with E-state index in [1.807, 2.05) is 0 Å². The van der Waals surface area contributed by atoms with Gasteiger partial charge in [-0.3, -0.25) is 14.7 Å². The van der Waals surface area contributed by atoms with Crippen molar-refractivity contribution >= 4 is 35.8 Å². The number of halogens is 1. The molecule has 0 radical (unpaired) electrons. The van der Waals surface area contributed by atoms with Gasteiger partial charge in [-0.1, -0.05) is 18.6 Å². The van der Waals surface area contributed by atoms with Gasteiger partial charge >= 0.3 is 0 Å². The van der Waals surface area contributed by atoms with Crippen LogP contribution in [0.2, 0.25) is 0 Å². The molecule has 7 heteroatoms. The Hall–Kier alpha value is -0.830.